The minimum absolute atomic E-state index is 0.227. The van der Waals surface area contributed by atoms with E-state index in [2.05, 4.69) is 29.9 Å². The average molecular weight is 333 g/mol. The van der Waals surface area contributed by atoms with Gasteiger partial charge in [0.25, 0.3) is 0 Å². The highest BCUT2D eigenvalue weighted by Gasteiger charge is 2.15. The molecule has 0 fully saturated rings. The van der Waals surface area contributed by atoms with Crippen LogP contribution >= 0.6 is 23.4 Å². The lowest BCUT2D eigenvalue weighted by atomic mass is 10.1. The molecular weight excluding hydrogens is 316 g/mol. The van der Waals surface area contributed by atoms with Crippen molar-refractivity contribution >= 4 is 29.2 Å². The summed E-state index contributed by atoms with van der Waals surface area (Å²) in [7, 11) is 0. The van der Waals surface area contributed by atoms with Crippen molar-refractivity contribution in [2.24, 2.45) is 0 Å². The van der Waals surface area contributed by atoms with Gasteiger partial charge < -0.3 is 5.73 Å². The lowest BCUT2D eigenvalue weighted by Crippen LogP contribution is -2.07. The van der Waals surface area contributed by atoms with Gasteiger partial charge in [-0.3, -0.25) is 0 Å². The van der Waals surface area contributed by atoms with Crippen molar-refractivity contribution in [2.45, 2.75) is 37.1 Å². The van der Waals surface area contributed by atoms with Gasteiger partial charge in [0.2, 0.25) is 0 Å². The lowest BCUT2D eigenvalue weighted by molar-refractivity contribution is 0.867. The summed E-state index contributed by atoms with van der Waals surface area (Å²) in [6, 6.07) is 9.62. The molecule has 0 radical (unpaired) electrons. The number of nitrogen functional groups attached to an aromatic ring is 1. The summed E-state index contributed by atoms with van der Waals surface area (Å²) < 4.78 is 0. The van der Waals surface area contributed by atoms with Crippen LogP contribution in [0.2, 0.25) is 5.02 Å². The Bertz CT molecular complexity index is 712. The first-order valence-corrected chi connectivity index (χ1v) is 8.27. The molecule has 6 heteroatoms. The standard InChI is InChI=1S/C16H17ClN4S/c1-3-10(2)22-16-20-14(12(9-18)15(19)21-16)8-11-6-4-5-7-13(11)17/h4-7,10H,3,8H2,1-2H3,(H2,19,20,21)/t10-/m1/s1. The van der Waals surface area contributed by atoms with E-state index in [0.29, 0.717) is 33.1 Å². The number of anilines is 1. The molecule has 0 bridgehead atoms. The molecule has 0 saturated carbocycles. The highest BCUT2D eigenvalue weighted by Crippen LogP contribution is 2.27. The predicted molar refractivity (Wildman–Crippen MR) is 91.0 cm³/mol. The largest absolute Gasteiger partial charge is 0.382 e. The molecule has 1 heterocycles. The number of aromatic nitrogens is 2. The number of hydrogen-bond acceptors (Lipinski definition) is 5. The van der Waals surface area contributed by atoms with Gasteiger partial charge in [-0.1, -0.05) is 55.4 Å². The molecule has 1 aromatic carbocycles. The molecule has 0 amide bonds. The van der Waals surface area contributed by atoms with Crippen molar-refractivity contribution in [3.63, 3.8) is 0 Å². The van der Waals surface area contributed by atoms with Crippen molar-refractivity contribution in [3.05, 3.63) is 46.1 Å². The molecule has 114 valence electrons. The molecule has 0 aliphatic carbocycles. The van der Waals surface area contributed by atoms with E-state index in [1.807, 2.05) is 24.3 Å². The zero-order chi connectivity index (χ0) is 16.1. The smallest absolute Gasteiger partial charge is 0.190 e. The summed E-state index contributed by atoms with van der Waals surface area (Å²) in [5.74, 6) is 0.227. The first-order chi connectivity index (χ1) is 10.5. The van der Waals surface area contributed by atoms with Crippen molar-refractivity contribution in [1.29, 1.82) is 5.26 Å². The first kappa shape index (κ1) is 16.6. The fraction of sp³-hybridized carbons (Fsp3) is 0.312. The maximum absolute atomic E-state index is 9.32. The highest BCUT2D eigenvalue weighted by molar-refractivity contribution is 7.99. The van der Waals surface area contributed by atoms with Crippen LogP contribution in [0.15, 0.2) is 29.4 Å². The number of nitrogens with zero attached hydrogens (tertiary/aromatic N) is 3. The summed E-state index contributed by atoms with van der Waals surface area (Å²) in [6.45, 7) is 4.21. The SMILES string of the molecule is CC[C@@H](C)Sc1nc(N)c(C#N)c(Cc2ccccc2Cl)n1. The number of halogens is 1. The van der Waals surface area contributed by atoms with Crippen LogP contribution < -0.4 is 5.73 Å². The summed E-state index contributed by atoms with van der Waals surface area (Å²) in [5, 5.41) is 11.0. The van der Waals surface area contributed by atoms with E-state index in [1.165, 1.54) is 0 Å². The van der Waals surface area contributed by atoms with Gasteiger partial charge in [-0.15, -0.1) is 0 Å². The van der Waals surface area contributed by atoms with E-state index < -0.39 is 0 Å². The molecule has 2 rings (SSSR count). The van der Waals surface area contributed by atoms with Crippen molar-refractivity contribution < 1.29 is 0 Å². The van der Waals surface area contributed by atoms with E-state index in [1.54, 1.807) is 11.8 Å². The molecule has 0 aliphatic rings. The Morgan fingerprint density at radius 3 is 2.73 bits per heavy atom. The van der Waals surface area contributed by atoms with Crippen molar-refractivity contribution in [1.82, 2.24) is 9.97 Å². The van der Waals surface area contributed by atoms with Gasteiger partial charge in [0, 0.05) is 16.7 Å². The van der Waals surface area contributed by atoms with Crippen LogP contribution in [-0.4, -0.2) is 15.2 Å². The minimum Gasteiger partial charge on any atom is -0.382 e. The van der Waals surface area contributed by atoms with E-state index >= 15 is 0 Å². The van der Waals surface area contributed by atoms with Crippen molar-refractivity contribution in [3.8, 4) is 6.07 Å². The second-order valence-electron chi connectivity index (χ2n) is 4.93. The number of nitriles is 1. The summed E-state index contributed by atoms with van der Waals surface area (Å²) in [5.41, 5.74) is 7.78. The summed E-state index contributed by atoms with van der Waals surface area (Å²) in [6.07, 6.45) is 1.47. The van der Waals surface area contributed by atoms with Gasteiger partial charge >= 0.3 is 0 Å². The Hall–Kier alpha value is -1.77. The van der Waals surface area contributed by atoms with E-state index in [4.69, 9.17) is 17.3 Å². The van der Waals surface area contributed by atoms with Gasteiger partial charge in [-0.25, -0.2) is 9.97 Å². The fourth-order valence-electron chi connectivity index (χ4n) is 1.89. The minimum atomic E-state index is 0.227. The zero-order valence-corrected chi connectivity index (χ0v) is 14.1. The Labute approximate surface area is 139 Å². The Balaban J connectivity index is 2.40. The molecule has 2 aromatic rings. The van der Waals surface area contributed by atoms with Gasteiger partial charge in [-0.05, 0) is 18.1 Å². The number of benzene rings is 1. The molecule has 2 N–H and O–H groups in total. The third-order valence-electron chi connectivity index (χ3n) is 3.30. The van der Waals surface area contributed by atoms with Crippen LogP contribution in [0.5, 0.6) is 0 Å². The molecule has 0 saturated heterocycles. The van der Waals surface area contributed by atoms with E-state index in [9.17, 15) is 5.26 Å². The van der Waals surface area contributed by atoms with Crippen LogP contribution in [0, 0.1) is 11.3 Å². The number of nitrogens with two attached hydrogens (primary N) is 1. The zero-order valence-electron chi connectivity index (χ0n) is 12.5. The van der Waals surface area contributed by atoms with E-state index in [0.717, 1.165) is 12.0 Å². The normalized spacial score (nSPS) is 11.9. The van der Waals surface area contributed by atoms with Gasteiger partial charge in [0.05, 0.1) is 5.69 Å². The maximum atomic E-state index is 9.32. The van der Waals surface area contributed by atoms with E-state index in [-0.39, 0.29) is 5.82 Å². The second-order valence-corrected chi connectivity index (χ2v) is 6.74. The Morgan fingerprint density at radius 1 is 1.36 bits per heavy atom. The third kappa shape index (κ3) is 3.90. The summed E-state index contributed by atoms with van der Waals surface area (Å²) in [4.78, 5) is 8.75. The van der Waals surface area contributed by atoms with Crippen LogP contribution in [0.1, 0.15) is 37.1 Å². The quantitative estimate of drug-likeness (QED) is 0.660. The van der Waals surface area contributed by atoms with Gasteiger partial charge in [-0.2, -0.15) is 5.26 Å². The number of thioether (sulfide) groups is 1. The number of hydrogen-bond donors (Lipinski definition) is 1. The predicted octanol–water partition coefficient (Wildman–Crippen LogP) is 4.07. The topological polar surface area (TPSA) is 75.6 Å². The Kier molecular flexibility index (Phi) is 5.64. The van der Waals surface area contributed by atoms with Crippen molar-refractivity contribution in [2.75, 3.05) is 5.73 Å². The highest BCUT2D eigenvalue weighted by atomic mass is 35.5. The molecule has 4 nitrogen and oxygen atoms in total. The van der Waals surface area contributed by atoms with Crippen LogP contribution in [0.3, 0.4) is 0 Å². The molecule has 1 atom stereocenters. The lowest BCUT2D eigenvalue weighted by Gasteiger charge is -2.11. The molecule has 0 unspecified atom stereocenters. The fourth-order valence-corrected chi connectivity index (χ4v) is 2.93. The maximum Gasteiger partial charge on any atom is 0.190 e. The Morgan fingerprint density at radius 2 is 2.09 bits per heavy atom. The molecule has 22 heavy (non-hydrogen) atoms. The number of rotatable bonds is 5. The first-order valence-electron chi connectivity index (χ1n) is 7.01. The molecule has 0 spiro atoms. The molecule has 0 aliphatic heterocycles. The van der Waals surface area contributed by atoms with Crippen LogP contribution in [0.25, 0.3) is 0 Å². The van der Waals surface area contributed by atoms with Gasteiger partial charge in [0.15, 0.2) is 5.16 Å². The molecule has 1 aromatic heterocycles. The van der Waals surface area contributed by atoms with Gasteiger partial charge in [0.1, 0.15) is 17.5 Å². The summed E-state index contributed by atoms with van der Waals surface area (Å²) >= 11 is 7.75. The average Bonchev–Trinajstić information content (AvgIpc) is 2.49. The monoisotopic (exact) mass is 332 g/mol. The van der Waals surface area contributed by atoms with Crippen LogP contribution in [0.4, 0.5) is 5.82 Å². The second kappa shape index (κ2) is 7.48. The molecular formula is C16H17ClN4S. The third-order valence-corrected chi connectivity index (χ3v) is 4.80. The van der Waals surface area contributed by atoms with Crippen LogP contribution in [-0.2, 0) is 6.42 Å².